The summed E-state index contributed by atoms with van der Waals surface area (Å²) in [6.07, 6.45) is 15.1. The minimum Gasteiger partial charge on any atom is -1.00 e. The van der Waals surface area contributed by atoms with Gasteiger partial charge < -0.3 is 2.85 Å². The molecule has 0 aromatic rings. The number of hydrogen-bond acceptors (Lipinski definition) is 0. The fourth-order valence-corrected chi connectivity index (χ4v) is 1.11. The van der Waals surface area contributed by atoms with Crippen LogP contribution in [0, 0.1) is 0 Å². The van der Waals surface area contributed by atoms with Crippen LogP contribution in [0.25, 0.3) is 0 Å². The van der Waals surface area contributed by atoms with Crippen molar-refractivity contribution in [2.75, 3.05) is 0 Å². The van der Waals surface area contributed by atoms with E-state index in [9.17, 15) is 0 Å². The molecule has 0 saturated carbocycles. The summed E-state index contributed by atoms with van der Waals surface area (Å²) in [6, 6.07) is 0. The van der Waals surface area contributed by atoms with E-state index in [0.717, 1.165) is 0 Å². The van der Waals surface area contributed by atoms with Crippen LogP contribution in [0.4, 0.5) is 0 Å². The molecule has 0 bridgehead atoms. The average Bonchev–Trinajstić information content (AvgIpc) is 2.63. The van der Waals surface area contributed by atoms with Crippen molar-refractivity contribution < 1.29 is 2.85 Å². The predicted octanol–water partition coefficient (Wildman–Crippen LogP) is 3.63. The van der Waals surface area contributed by atoms with Gasteiger partial charge in [0.25, 0.3) is 0 Å². The third-order valence-electron chi connectivity index (χ3n) is 1.91. The van der Waals surface area contributed by atoms with Crippen molar-refractivity contribution in [3.05, 3.63) is 47.6 Å². The molecule has 13 heavy (non-hydrogen) atoms. The molecule has 0 aromatic carbocycles. The van der Waals surface area contributed by atoms with Crippen LogP contribution in [0.1, 0.15) is 29.5 Å². The average molecular weight is 187 g/mol. The Morgan fingerprint density at radius 2 is 1.31 bits per heavy atom. The number of hydrogen-bond donors (Lipinski definition) is 0. The van der Waals surface area contributed by atoms with Crippen molar-refractivity contribution in [1.82, 2.24) is 0 Å². The molecule has 2 aliphatic rings. The second kappa shape index (κ2) is 7.16. The number of allylic oxidation sites excluding steroid dienone is 8. The molecule has 0 atom stereocenters. The maximum atomic E-state index is 2.16. The Kier molecular flexibility index (Phi) is 7.01. The van der Waals surface area contributed by atoms with Gasteiger partial charge in [-0.25, -0.2) is 0 Å². The van der Waals surface area contributed by atoms with Gasteiger partial charge in [0.1, 0.15) is 0 Å². The van der Waals surface area contributed by atoms with Crippen LogP contribution in [0.5, 0.6) is 0 Å². The summed E-state index contributed by atoms with van der Waals surface area (Å²) in [7, 11) is 0. The molecule has 1 heteroatoms. The summed E-state index contributed by atoms with van der Waals surface area (Å²) in [5.74, 6) is 0. The maximum absolute atomic E-state index is 2.16. The summed E-state index contributed by atoms with van der Waals surface area (Å²) in [5.41, 5.74) is 2.94. The first-order valence-electron chi connectivity index (χ1n) is 4.43. The van der Waals surface area contributed by atoms with Crippen LogP contribution in [0.15, 0.2) is 47.6 Å². The van der Waals surface area contributed by atoms with Gasteiger partial charge in [0.2, 0.25) is 0 Å². The Labute approximate surface area is 100 Å². The van der Waals surface area contributed by atoms with Crippen LogP contribution in [-0.2, 0) is 0 Å². The quantitative estimate of drug-likeness (QED) is 0.507. The monoisotopic (exact) mass is 186 g/mol. The van der Waals surface area contributed by atoms with E-state index in [2.05, 4.69) is 50.3 Å². The van der Waals surface area contributed by atoms with Crippen LogP contribution in [0.2, 0.25) is 0 Å². The van der Waals surface area contributed by atoms with Crippen molar-refractivity contribution in [3.8, 4) is 0 Å². The molecule has 0 heterocycles. The van der Waals surface area contributed by atoms with E-state index in [-0.39, 0.29) is 25.9 Å². The first-order valence-corrected chi connectivity index (χ1v) is 4.43. The van der Waals surface area contributed by atoms with Gasteiger partial charge in [-0.2, -0.15) is 0 Å². The third-order valence-corrected chi connectivity index (χ3v) is 1.91. The standard InChI is InChI=1S/2C6H8.Mg.2H/c2*1-6-4-2-3-5-6;;;/h2*2-4H,5H2,1H3;;;/q;;+2;2*-1. The minimum absolute atomic E-state index is 0. The summed E-state index contributed by atoms with van der Waals surface area (Å²) >= 11 is 0. The van der Waals surface area contributed by atoms with Crippen LogP contribution < -0.4 is 0 Å². The molecule has 0 amide bonds. The van der Waals surface area contributed by atoms with E-state index < -0.39 is 0 Å². The van der Waals surface area contributed by atoms with E-state index in [1.807, 2.05) is 0 Å². The van der Waals surface area contributed by atoms with Gasteiger partial charge in [0.15, 0.2) is 0 Å². The normalized spacial score (nSPS) is 17.1. The summed E-state index contributed by atoms with van der Waals surface area (Å²) in [4.78, 5) is 0. The molecule has 2 aliphatic carbocycles. The Bertz CT molecular complexity index is 235. The molecule has 0 unspecified atom stereocenters. The van der Waals surface area contributed by atoms with Gasteiger partial charge >= 0.3 is 23.1 Å². The summed E-state index contributed by atoms with van der Waals surface area (Å²) in [6.45, 7) is 4.28. The summed E-state index contributed by atoms with van der Waals surface area (Å²) in [5, 5.41) is 0. The molecule has 0 fully saturated rings. The van der Waals surface area contributed by atoms with Crippen molar-refractivity contribution in [2.45, 2.75) is 26.7 Å². The van der Waals surface area contributed by atoms with Crippen LogP contribution >= 0.6 is 0 Å². The third kappa shape index (κ3) is 5.89. The van der Waals surface area contributed by atoms with E-state index >= 15 is 0 Å². The first-order chi connectivity index (χ1) is 5.79. The van der Waals surface area contributed by atoms with Crippen molar-refractivity contribution in [3.63, 3.8) is 0 Å². The second-order valence-corrected chi connectivity index (χ2v) is 3.29. The van der Waals surface area contributed by atoms with Crippen molar-refractivity contribution in [1.29, 1.82) is 0 Å². The maximum Gasteiger partial charge on any atom is 2.00 e. The van der Waals surface area contributed by atoms with Gasteiger partial charge in [-0.15, -0.1) is 0 Å². The van der Waals surface area contributed by atoms with Gasteiger partial charge in [-0.3, -0.25) is 0 Å². The minimum atomic E-state index is 0. The zero-order valence-electron chi connectivity index (χ0n) is 10.6. The molecule has 0 radical (unpaired) electrons. The van der Waals surface area contributed by atoms with Crippen LogP contribution in [0.3, 0.4) is 0 Å². The van der Waals surface area contributed by atoms with Crippen molar-refractivity contribution in [2.24, 2.45) is 0 Å². The fourth-order valence-electron chi connectivity index (χ4n) is 1.11. The molecule has 2 rings (SSSR count). The molecule has 0 saturated heterocycles. The Hall–Kier alpha value is -0.274. The zero-order valence-corrected chi connectivity index (χ0v) is 10.00. The first kappa shape index (κ1) is 12.7. The Morgan fingerprint density at radius 3 is 1.38 bits per heavy atom. The topological polar surface area (TPSA) is 0 Å². The molecular weight excluding hydrogens is 168 g/mol. The van der Waals surface area contributed by atoms with E-state index in [4.69, 9.17) is 0 Å². The van der Waals surface area contributed by atoms with Gasteiger partial charge in [-0.05, 0) is 26.7 Å². The summed E-state index contributed by atoms with van der Waals surface area (Å²) < 4.78 is 0. The number of rotatable bonds is 0. The van der Waals surface area contributed by atoms with Gasteiger partial charge in [0, 0.05) is 0 Å². The molecule has 0 N–H and O–H groups in total. The largest absolute Gasteiger partial charge is 2.00 e. The predicted molar refractivity (Wildman–Crippen MR) is 63.0 cm³/mol. The fraction of sp³-hybridized carbons (Fsp3) is 0.333. The molecule has 0 spiro atoms. The molecular formula is C12H18Mg. The van der Waals surface area contributed by atoms with Gasteiger partial charge in [0.05, 0.1) is 0 Å². The second-order valence-electron chi connectivity index (χ2n) is 3.29. The van der Waals surface area contributed by atoms with E-state index in [1.165, 1.54) is 24.0 Å². The Balaban J connectivity index is -0.000000160. The van der Waals surface area contributed by atoms with Crippen LogP contribution in [-0.4, -0.2) is 23.1 Å². The molecule has 0 aliphatic heterocycles. The smallest absolute Gasteiger partial charge is 1.00 e. The molecule has 0 nitrogen and oxygen atoms in total. The SMILES string of the molecule is CC1=CC=CC1.CC1=CC=CC1.[H-].[H-].[Mg+2]. The van der Waals surface area contributed by atoms with Gasteiger partial charge in [-0.1, -0.05) is 47.6 Å². The van der Waals surface area contributed by atoms with E-state index in [1.54, 1.807) is 0 Å². The van der Waals surface area contributed by atoms with E-state index in [0.29, 0.717) is 0 Å². The van der Waals surface area contributed by atoms with Crippen molar-refractivity contribution >= 4 is 23.1 Å². The zero-order chi connectivity index (χ0) is 8.81. The molecule has 0 aromatic heterocycles. The molecule has 68 valence electrons. The Morgan fingerprint density at radius 1 is 0.923 bits per heavy atom.